The molecule has 11 heteroatoms. The number of urea groups is 1. The van der Waals surface area contributed by atoms with Crippen LogP contribution in [0.2, 0.25) is 0 Å². The summed E-state index contributed by atoms with van der Waals surface area (Å²) < 4.78 is 7.32. The summed E-state index contributed by atoms with van der Waals surface area (Å²) in [6, 6.07) is 3.56. The van der Waals surface area contributed by atoms with Crippen LogP contribution in [0.15, 0.2) is 24.5 Å². The van der Waals surface area contributed by atoms with Gasteiger partial charge in [-0.15, -0.1) is 0 Å². The highest BCUT2D eigenvalue weighted by molar-refractivity contribution is 6.03. The summed E-state index contributed by atoms with van der Waals surface area (Å²) in [6.07, 6.45) is 4.08. The second-order valence-corrected chi connectivity index (χ2v) is 10.8. The third-order valence-corrected chi connectivity index (χ3v) is 6.71. The summed E-state index contributed by atoms with van der Waals surface area (Å²) in [5.74, 6) is 1.15. The van der Waals surface area contributed by atoms with Gasteiger partial charge in [-0.2, -0.15) is 5.10 Å². The smallest absolute Gasteiger partial charge is 0.410 e. The average molecular weight is 507 g/mol. The van der Waals surface area contributed by atoms with Gasteiger partial charge < -0.3 is 14.5 Å². The number of amides is 3. The van der Waals surface area contributed by atoms with Gasteiger partial charge in [0.15, 0.2) is 0 Å². The van der Waals surface area contributed by atoms with Crippen molar-refractivity contribution in [3.05, 3.63) is 35.8 Å². The molecule has 5 rings (SSSR count). The Morgan fingerprint density at radius 3 is 2.70 bits per heavy atom. The minimum absolute atomic E-state index is 0.00933. The molecule has 0 spiro atoms. The number of piperazine rings is 1. The zero-order valence-electron chi connectivity index (χ0n) is 22.3. The number of nitrogens with zero attached hydrogens (tertiary/aromatic N) is 7. The van der Waals surface area contributed by atoms with Gasteiger partial charge in [-0.3, -0.25) is 14.9 Å². The van der Waals surface area contributed by atoms with E-state index in [9.17, 15) is 9.59 Å². The Morgan fingerprint density at radius 2 is 1.97 bits per heavy atom. The van der Waals surface area contributed by atoms with Gasteiger partial charge in [0.1, 0.15) is 22.8 Å². The van der Waals surface area contributed by atoms with Gasteiger partial charge >= 0.3 is 12.1 Å². The molecule has 11 nitrogen and oxygen atoms in total. The first-order valence-electron chi connectivity index (χ1n) is 12.6. The van der Waals surface area contributed by atoms with Crippen molar-refractivity contribution in [2.24, 2.45) is 7.05 Å². The molecule has 0 aliphatic carbocycles. The molecular formula is C26H34N8O3. The molecule has 0 radical (unpaired) electrons. The van der Waals surface area contributed by atoms with Crippen LogP contribution < -0.4 is 15.1 Å². The first-order chi connectivity index (χ1) is 17.5. The van der Waals surface area contributed by atoms with Crippen LogP contribution in [0, 0.1) is 6.92 Å². The molecule has 5 heterocycles. The number of hydrogen-bond donors (Lipinski definition) is 1. The van der Waals surface area contributed by atoms with Crippen molar-refractivity contribution in [1.29, 1.82) is 0 Å². The molecule has 3 aromatic rings. The Morgan fingerprint density at radius 1 is 1.19 bits per heavy atom. The van der Waals surface area contributed by atoms with Gasteiger partial charge in [0, 0.05) is 68.3 Å². The topological polar surface area (TPSA) is 109 Å². The number of ether oxygens (including phenoxy) is 1. The Kier molecular flexibility index (Phi) is 6.17. The lowest BCUT2D eigenvalue weighted by Gasteiger charge is -2.41. The van der Waals surface area contributed by atoms with E-state index >= 15 is 0 Å². The maximum absolute atomic E-state index is 13.2. The number of hydrogen-bond acceptors (Lipinski definition) is 7. The summed E-state index contributed by atoms with van der Waals surface area (Å²) in [5, 5.41) is 8.28. The molecule has 0 saturated carbocycles. The van der Waals surface area contributed by atoms with Gasteiger partial charge in [-0.1, -0.05) is 0 Å². The SMILES string of the molecule is Cc1nc(NC(=O)N2CCc3c(N4CCN(C(=O)OC(C)(C)C)[C@@H](C)C4)ccnc32)cc2cn(C)nc12. The lowest BCUT2D eigenvalue weighted by atomic mass is 10.1. The van der Waals surface area contributed by atoms with Crippen LogP contribution in [0.25, 0.3) is 10.9 Å². The summed E-state index contributed by atoms with van der Waals surface area (Å²) in [7, 11) is 1.86. The van der Waals surface area contributed by atoms with Gasteiger partial charge in [0.2, 0.25) is 0 Å². The molecule has 0 unspecified atom stereocenters. The van der Waals surface area contributed by atoms with Crippen molar-refractivity contribution in [2.75, 3.05) is 41.3 Å². The fraction of sp³-hybridized carbons (Fsp3) is 0.500. The molecule has 3 amide bonds. The molecule has 1 atom stereocenters. The first-order valence-corrected chi connectivity index (χ1v) is 12.6. The Balaban J connectivity index is 1.31. The average Bonchev–Trinajstić information content (AvgIpc) is 3.41. The third-order valence-electron chi connectivity index (χ3n) is 6.71. The molecule has 1 saturated heterocycles. The molecular weight excluding hydrogens is 472 g/mol. The zero-order valence-corrected chi connectivity index (χ0v) is 22.3. The molecule has 1 fully saturated rings. The van der Waals surface area contributed by atoms with Crippen molar-refractivity contribution in [1.82, 2.24) is 24.6 Å². The highest BCUT2D eigenvalue weighted by Crippen LogP contribution is 2.35. The van der Waals surface area contributed by atoms with Crippen LogP contribution in [-0.2, 0) is 18.2 Å². The van der Waals surface area contributed by atoms with Crippen LogP contribution in [0.1, 0.15) is 39.0 Å². The van der Waals surface area contributed by atoms with E-state index in [-0.39, 0.29) is 18.2 Å². The van der Waals surface area contributed by atoms with Gasteiger partial charge in [-0.25, -0.2) is 19.6 Å². The fourth-order valence-corrected chi connectivity index (χ4v) is 5.08. The number of aromatic nitrogens is 4. The minimum Gasteiger partial charge on any atom is -0.444 e. The lowest BCUT2D eigenvalue weighted by molar-refractivity contribution is 0.0159. The van der Waals surface area contributed by atoms with Crippen molar-refractivity contribution < 1.29 is 14.3 Å². The first kappa shape index (κ1) is 24.8. The summed E-state index contributed by atoms with van der Waals surface area (Å²) in [6.45, 7) is 12.0. The van der Waals surface area contributed by atoms with Crippen LogP contribution in [0.5, 0.6) is 0 Å². The third kappa shape index (κ3) is 4.90. The number of pyridine rings is 2. The minimum atomic E-state index is -0.526. The van der Waals surface area contributed by atoms with E-state index in [4.69, 9.17) is 4.74 Å². The van der Waals surface area contributed by atoms with Gasteiger partial charge in [-0.05, 0) is 53.2 Å². The normalized spacial score (nSPS) is 17.8. The number of nitrogens with one attached hydrogen (secondary N) is 1. The Labute approximate surface area is 216 Å². The van der Waals surface area contributed by atoms with Crippen LogP contribution in [-0.4, -0.2) is 74.6 Å². The van der Waals surface area contributed by atoms with Gasteiger partial charge in [0.05, 0.1) is 5.69 Å². The van der Waals surface area contributed by atoms with Crippen LogP contribution in [0.4, 0.5) is 26.9 Å². The summed E-state index contributed by atoms with van der Waals surface area (Å²) in [5.41, 5.74) is 3.15. The van der Waals surface area contributed by atoms with E-state index in [2.05, 4.69) is 25.3 Å². The number of carbonyl (C=O) groups excluding carboxylic acids is 2. The number of carbonyl (C=O) groups is 2. The molecule has 0 aromatic carbocycles. The quantitative estimate of drug-likeness (QED) is 0.564. The van der Waals surface area contributed by atoms with E-state index in [1.165, 1.54) is 0 Å². The Hall–Kier alpha value is -3.89. The number of anilines is 3. The van der Waals surface area contributed by atoms with Crippen molar-refractivity contribution in [3.63, 3.8) is 0 Å². The molecule has 2 aliphatic rings. The predicted octanol–water partition coefficient (Wildman–Crippen LogP) is 3.71. The van der Waals surface area contributed by atoms with Crippen molar-refractivity contribution in [2.45, 2.75) is 52.7 Å². The summed E-state index contributed by atoms with van der Waals surface area (Å²) >= 11 is 0. The van der Waals surface area contributed by atoms with E-state index < -0.39 is 5.60 Å². The van der Waals surface area contributed by atoms with E-state index in [0.29, 0.717) is 44.2 Å². The molecule has 196 valence electrons. The predicted molar refractivity (Wildman–Crippen MR) is 142 cm³/mol. The molecule has 37 heavy (non-hydrogen) atoms. The maximum atomic E-state index is 13.2. The van der Waals surface area contributed by atoms with Crippen molar-refractivity contribution >= 4 is 40.4 Å². The monoisotopic (exact) mass is 506 g/mol. The molecule has 3 aromatic heterocycles. The lowest BCUT2D eigenvalue weighted by Crippen LogP contribution is -2.55. The summed E-state index contributed by atoms with van der Waals surface area (Å²) in [4.78, 5) is 40.7. The molecule has 2 aliphatic heterocycles. The highest BCUT2D eigenvalue weighted by Gasteiger charge is 2.34. The largest absolute Gasteiger partial charge is 0.444 e. The van der Waals surface area contributed by atoms with Gasteiger partial charge in [0.25, 0.3) is 0 Å². The zero-order chi connectivity index (χ0) is 26.5. The fourth-order valence-electron chi connectivity index (χ4n) is 5.08. The maximum Gasteiger partial charge on any atom is 0.410 e. The van der Waals surface area contributed by atoms with Crippen molar-refractivity contribution in [3.8, 4) is 0 Å². The number of fused-ring (bicyclic) bond motifs is 2. The van der Waals surface area contributed by atoms with E-state index in [1.807, 2.05) is 60.0 Å². The highest BCUT2D eigenvalue weighted by atomic mass is 16.6. The molecule has 1 N–H and O–H groups in total. The van der Waals surface area contributed by atoms with Crippen LogP contribution in [0.3, 0.4) is 0 Å². The van der Waals surface area contributed by atoms with Crippen LogP contribution >= 0.6 is 0 Å². The standard InChI is InChI=1S/C26H34N8O3/c1-16-14-32(11-12-33(16)25(36)37-26(3,4)5)20-7-9-27-23-19(20)8-10-34(23)24(35)29-21-13-18-15-31(6)30-22(18)17(2)28-21/h7,9,13,15-16H,8,10-12,14H2,1-6H3,(H,29,35)/t16-/m0/s1. The molecule has 0 bridgehead atoms. The Bertz CT molecular complexity index is 1360. The number of aryl methyl sites for hydroxylation is 2. The van der Waals surface area contributed by atoms with E-state index in [0.717, 1.165) is 27.8 Å². The van der Waals surface area contributed by atoms with E-state index in [1.54, 1.807) is 20.7 Å². The number of rotatable bonds is 2. The second-order valence-electron chi connectivity index (χ2n) is 10.8. The second kappa shape index (κ2) is 9.20.